The van der Waals surface area contributed by atoms with Crippen LogP contribution in [0.1, 0.15) is 47.0 Å². The molecule has 0 saturated carbocycles. The molecule has 28 heavy (non-hydrogen) atoms. The van der Waals surface area contributed by atoms with Crippen LogP contribution in [0.2, 0.25) is 0 Å². The summed E-state index contributed by atoms with van der Waals surface area (Å²) in [6.07, 6.45) is -4.43. The fraction of sp³-hybridized carbons (Fsp3) is 1.00. The maximum atomic E-state index is 11.3. The van der Waals surface area contributed by atoms with E-state index in [9.17, 15) is 43.4 Å². The van der Waals surface area contributed by atoms with Gasteiger partial charge in [0.2, 0.25) is 6.93 Å². The minimum atomic E-state index is -5.17. The molecule has 0 aromatic heterocycles. The molecule has 0 aliphatic carbocycles. The van der Waals surface area contributed by atoms with E-state index in [0.717, 1.165) is 12.8 Å². The Bertz CT molecular complexity index is 329. The molecule has 0 aliphatic heterocycles. The van der Waals surface area contributed by atoms with Crippen LogP contribution >= 0.6 is 0 Å². The summed E-state index contributed by atoms with van der Waals surface area (Å²) in [7, 11) is -5.17. The third-order valence-electron chi connectivity index (χ3n) is 1.45. The monoisotopic (exact) mass is 470 g/mol. The lowest BCUT2D eigenvalue weighted by atomic mass is 10.2. The van der Waals surface area contributed by atoms with E-state index in [2.05, 4.69) is 11.7 Å². The molecule has 1 unspecified atom stereocenters. The Morgan fingerprint density at radius 2 is 1.29 bits per heavy atom. The molecule has 0 heterocycles. The topological polar surface area (TPSA) is 63.6 Å². The van der Waals surface area contributed by atoms with Gasteiger partial charge in [0, 0.05) is 0 Å². The van der Waals surface area contributed by atoms with E-state index in [1.807, 2.05) is 0 Å². The lowest BCUT2D eigenvalue weighted by molar-refractivity contribution is -0.273. The number of ether oxygens (including phenoxy) is 1. The van der Waals surface area contributed by atoms with E-state index in [4.69, 9.17) is 13.0 Å². The lowest BCUT2D eigenvalue weighted by Crippen LogP contribution is -2.26. The van der Waals surface area contributed by atoms with Crippen LogP contribution in [0.25, 0.3) is 0 Å². The molecule has 180 valence electrons. The first-order chi connectivity index (χ1) is 12.2. The Morgan fingerprint density at radius 3 is 1.43 bits per heavy atom. The third-order valence-corrected chi connectivity index (χ3v) is 1.45. The third kappa shape index (κ3) is 99.3. The van der Waals surface area contributed by atoms with Gasteiger partial charge in [0.25, 0.3) is 6.36 Å². The maximum Gasteiger partial charge on any atom is 0.445 e. The van der Waals surface area contributed by atoms with Gasteiger partial charge in [-0.2, -0.15) is 21.6 Å². The van der Waals surface area contributed by atoms with Gasteiger partial charge in [-0.1, -0.05) is 37.5 Å². The summed E-state index contributed by atoms with van der Waals surface area (Å²) >= 11 is 0. The first kappa shape index (κ1) is 41.5. The lowest BCUT2D eigenvalue weighted by Gasteiger charge is -2.09. The van der Waals surface area contributed by atoms with Gasteiger partial charge < -0.3 is 4.74 Å². The summed E-state index contributed by atoms with van der Waals surface area (Å²) in [4.78, 5) is 0. The number of hydrogen-bond acceptors (Lipinski definition) is 3. The van der Waals surface area contributed by atoms with Gasteiger partial charge in [-0.3, -0.25) is 13.3 Å². The second-order valence-electron chi connectivity index (χ2n) is 3.66. The molecule has 0 spiro atoms. The number of hydrogen-bond donors (Lipinski definition) is 1. The summed E-state index contributed by atoms with van der Waals surface area (Å²) in [6.45, 7) is -0.334. The summed E-state index contributed by atoms with van der Waals surface area (Å²) in [6, 6.07) is 0. The van der Waals surface area contributed by atoms with Gasteiger partial charge in [-0.15, -0.1) is 0 Å². The van der Waals surface area contributed by atoms with Crippen molar-refractivity contribution >= 4 is 10.5 Å². The molecular weight excluding hydrogens is 442 g/mol. The highest BCUT2D eigenvalue weighted by Crippen LogP contribution is 2.23. The van der Waals surface area contributed by atoms with Crippen molar-refractivity contribution in [3.8, 4) is 0 Å². The Morgan fingerprint density at radius 1 is 0.964 bits per heavy atom. The molecule has 0 aromatic rings. The minimum Gasteiger partial charge on any atom is -0.309 e. The van der Waals surface area contributed by atoms with Crippen molar-refractivity contribution in [3.63, 3.8) is 0 Å². The molecular formula is C13H28F10O4S. The van der Waals surface area contributed by atoms with E-state index >= 15 is 0 Å². The molecule has 0 rings (SSSR count). The molecule has 4 nitrogen and oxygen atoms in total. The zero-order chi connectivity index (χ0) is 22.9. The van der Waals surface area contributed by atoms with E-state index in [0.29, 0.717) is 0 Å². The Labute approximate surface area is 159 Å². The number of alkyl halides is 9. The average Bonchev–Trinajstić information content (AvgIpc) is 2.48. The van der Waals surface area contributed by atoms with Crippen molar-refractivity contribution in [2.24, 2.45) is 0 Å². The van der Waals surface area contributed by atoms with Crippen molar-refractivity contribution in [3.05, 3.63) is 0 Å². The summed E-state index contributed by atoms with van der Waals surface area (Å²) < 4.78 is 133. The van der Waals surface area contributed by atoms with E-state index in [1.165, 1.54) is 19.8 Å². The SMILES string of the molecule is C.CCCCCCF.CCF.FCF.FCOC(F)C(F)(F)F.O=S(=O)(O)F. The first-order valence-electron chi connectivity index (χ1n) is 7.02. The normalized spacial score (nSPS) is 10.8. The first-order valence-corrected chi connectivity index (χ1v) is 8.36. The highest BCUT2D eigenvalue weighted by atomic mass is 32.3. The van der Waals surface area contributed by atoms with Gasteiger partial charge >= 0.3 is 16.7 Å². The molecule has 0 bridgehead atoms. The second kappa shape index (κ2) is 30.9. The van der Waals surface area contributed by atoms with E-state index in [-0.39, 0.29) is 20.8 Å². The van der Waals surface area contributed by atoms with Crippen molar-refractivity contribution < 1.29 is 61.1 Å². The minimum absolute atomic E-state index is 0. The number of unbranched alkanes of at least 4 members (excludes halogenated alkanes) is 3. The van der Waals surface area contributed by atoms with E-state index in [1.54, 1.807) is 0 Å². The molecule has 0 aromatic carbocycles. The summed E-state index contributed by atoms with van der Waals surface area (Å²) in [5.74, 6) is 0. The van der Waals surface area contributed by atoms with Crippen molar-refractivity contribution in [1.82, 2.24) is 0 Å². The van der Waals surface area contributed by atoms with Crippen molar-refractivity contribution in [1.29, 1.82) is 0 Å². The van der Waals surface area contributed by atoms with Crippen molar-refractivity contribution in [2.45, 2.75) is 59.5 Å². The quantitative estimate of drug-likeness (QED) is 0.206. The zero-order valence-electron chi connectivity index (χ0n) is 14.6. The second-order valence-corrected chi connectivity index (χ2v) is 4.49. The molecule has 1 atom stereocenters. The largest absolute Gasteiger partial charge is 0.445 e. The van der Waals surface area contributed by atoms with Crippen LogP contribution in [-0.2, 0) is 15.2 Å². The smallest absolute Gasteiger partial charge is 0.309 e. The molecule has 0 radical (unpaired) electrons. The van der Waals surface area contributed by atoms with Crippen LogP contribution in [-0.4, -0.2) is 52.6 Å². The van der Waals surface area contributed by atoms with Gasteiger partial charge in [0.05, 0.1) is 13.3 Å². The van der Waals surface area contributed by atoms with E-state index < -0.39 is 36.8 Å². The van der Waals surface area contributed by atoms with Crippen molar-refractivity contribution in [2.75, 3.05) is 27.1 Å². The molecule has 0 fully saturated rings. The van der Waals surface area contributed by atoms with Crippen LogP contribution in [0, 0.1) is 0 Å². The Kier molecular flexibility index (Phi) is 45.8. The van der Waals surface area contributed by atoms with Crippen LogP contribution in [0.4, 0.5) is 43.4 Å². The summed E-state index contributed by atoms with van der Waals surface area (Å²) in [5, 5.41) is 0. The molecule has 1 N–H and O–H groups in total. The highest BCUT2D eigenvalue weighted by molar-refractivity contribution is 7.80. The molecule has 0 amide bonds. The number of halogens is 10. The molecule has 15 heteroatoms. The maximum absolute atomic E-state index is 11.3. The fourth-order valence-corrected chi connectivity index (χ4v) is 0.671. The predicted molar refractivity (Wildman–Crippen MR) is 86.2 cm³/mol. The van der Waals surface area contributed by atoms with Gasteiger partial charge in [0.15, 0.2) is 6.86 Å². The van der Waals surface area contributed by atoms with Crippen LogP contribution in [0.15, 0.2) is 0 Å². The van der Waals surface area contributed by atoms with Crippen LogP contribution in [0.3, 0.4) is 0 Å². The highest BCUT2D eigenvalue weighted by Gasteiger charge is 2.41. The van der Waals surface area contributed by atoms with Gasteiger partial charge in [0.1, 0.15) is 0 Å². The molecule has 0 aliphatic rings. The number of rotatable bonds is 6. The summed E-state index contributed by atoms with van der Waals surface area (Å²) in [5.41, 5.74) is 0. The van der Waals surface area contributed by atoms with Gasteiger partial charge in [-0.05, 0) is 13.3 Å². The van der Waals surface area contributed by atoms with Crippen LogP contribution in [0.5, 0.6) is 0 Å². The fourth-order valence-electron chi connectivity index (χ4n) is 0.671. The van der Waals surface area contributed by atoms with Gasteiger partial charge in [-0.25, -0.2) is 17.6 Å². The predicted octanol–water partition coefficient (Wildman–Crippen LogP) is 6.58. The Balaban J connectivity index is -0.0000000572. The standard InChI is InChI=1S/C6H13F.C3H3F5O.C2H5F.CH2F2.CH4.FHO3S/c1-2-3-4-5-6-7;4-1-9-2(5)3(6,7)8;1-2-3;2-1-3;;1-5(2,3)4/h2-6H2,1H3;2H,1H2;2H2,1H3;1H2;1H4;(H,2,3,4). The van der Waals surface area contributed by atoms with Crippen LogP contribution < -0.4 is 0 Å². The average molecular weight is 470 g/mol. The Hall–Kier alpha value is -0.830. The molecule has 0 saturated heterocycles. The zero-order valence-corrected chi connectivity index (χ0v) is 15.4.